The van der Waals surface area contributed by atoms with Gasteiger partial charge in [0.1, 0.15) is 12.1 Å². The summed E-state index contributed by atoms with van der Waals surface area (Å²) >= 11 is 0. The second kappa shape index (κ2) is 6.31. The number of fused-ring (bicyclic) bond motifs is 1. The van der Waals surface area contributed by atoms with Crippen LogP contribution in [-0.2, 0) is 6.42 Å². The van der Waals surface area contributed by atoms with Gasteiger partial charge in [-0.3, -0.25) is 4.90 Å². The highest BCUT2D eigenvalue weighted by Gasteiger charge is 2.35. The van der Waals surface area contributed by atoms with E-state index in [9.17, 15) is 0 Å². The summed E-state index contributed by atoms with van der Waals surface area (Å²) < 4.78 is 1.90. The maximum Gasteiger partial charge on any atom is 0.254 e. The molecule has 6 nitrogen and oxygen atoms in total. The predicted octanol–water partition coefficient (Wildman–Crippen LogP) is 2.53. The second-order valence-electron chi connectivity index (χ2n) is 7.40. The molecule has 3 atom stereocenters. The van der Waals surface area contributed by atoms with Crippen LogP contribution in [-0.4, -0.2) is 55.7 Å². The Morgan fingerprint density at radius 2 is 1.96 bits per heavy atom. The Labute approximate surface area is 143 Å². The monoisotopic (exact) mass is 328 g/mol. The smallest absolute Gasteiger partial charge is 0.254 e. The number of rotatable bonds is 3. The molecule has 2 aliphatic rings. The maximum atomic E-state index is 4.58. The standard InChI is InChI=1S/C18H28N6/c1-4-15-10-17(24-18(21-15)19-12-20-24)22-9-5-6-16(11-22)23-13(2)7-8-14(23)3/h10,12-14,16H,4-9,11H2,1-3H3. The van der Waals surface area contributed by atoms with E-state index in [-0.39, 0.29) is 0 Å². The maximum absolute atomic E-state index is 4.58. The highest BCUT2D eigenvalue weighted by molar-refractivity contribution is 5.48. The van der Waals surface area contributed by atoms with Crippen molar-refractivity contribution in [3.63, 3.8) is 0 Å². The first kappa shape index (κ1) is 15.8. The van der Waals surface area contributed by atoms with Crippen LogP contribution in [0.25, 0.3) is 5.78 Å². The van der Waals surface area contributed by atoms with E-state index in [0.717, 1.165) is 36.8 Å². The average molecular weight is 328 g/mol. The molecule has 2 saturated heterocycles. The molecule has 0 bridgehead atoms. The molecule has 0 amide bonds. The van der Waals surface area contributed by atoms with E-state index in [4.69, 9.17) is 0 Å². The molecule has 2 fully saturated rings. The van der Waals surface area contributed by atoms with Crippen molar-refractivity contribution < 1.29 is 0 Å². The number of aryl methyl sites for hydroxylation is 1. The Bertz CT molecular complexity index is 701. The van der Waals surface area contributed by atoms with Gasteiger partial charge in [0.15, 0.2) is 0 Å². The largest absolute Gasteiger partial charge is 0.355 e. The zero-order valence-corrected chi connectivity index (χ0v) is 15.0. The van der Waals surface area contributed by atoms with Crippen LogP contribution in [0.15, 0.2) is 12.4 Å². The lowest BCUT2D eigenvalue weighted by Crippen LogP contribution is -2.51. The Morgan fingerprint density at radius 1 is 1.17 bits per heavy atom. The molecule has 0 aliphatic carbocycles. The van der Waals surface area contributed by atoms with E-state index in [1.165, 1.54) is 25.7 Å². The molecule has 0 saturated carbocycles. The van der Waals surface area contributed by atoms with E-state index in [1.54, 1.807) is 6.33 Å². The van der Waals surface area contributed by atoms with E-state index < -0.39 is 0 Å². The molecule has 0 N–H and O–H groups in total. The van der Waals surface area contributed by atoms with Crippen molar-refractivity contribution in [3.8, 4) is 0 Å². The number of likely N-dealkylation sites (tertiary alicyclic amines) is 1. The minimum Gasteiger partial charge on any atom is -0.355 e. The number of nitrogens with zero attached hydrogens (tertiary/aromatic N) is 6. The summed E-state index contributed by atoms with van der Waals surface area (Å²) in [6.45, 7) is 9.09. The molecule has 130 valence electrons. The van der Waals surface area contributed by atoms with Crippen molar-refractivity contribution in [2.45, 2.75) is 71.0 Å². The average Bonchev–Trinajstić information content (AvgIpc) is 3.20. The fourth-order valence-electron chi connectivity index (χ4n) is 4.59. The van der Waals surface area contributed by atoms with Crippen LogP contribution in [0.5, 0.6) is 0 Å². The Kier molecular flexibility index (Phi) is 4.16. The van der Waals surface area contributed by atoms with Crippen molar-refractivity contribution in [3.05, 3.63) is 18.1 Å². The van der Waals surface area contributed by atoms with Gasteiger partial charge in [0.05, 0.1) is 0 Å². The zero-order valence-electron chi connectivity index (χ0n) is 15.0. The Balaban J connectivity index is 1.63. The highest BCUT2D eigenvalue weighted by atomic mass is 15.4. The molecule has 6 heteroatoms. The van der Waals surface area contributed by atoms with Crippen molar-refractivity contribution in [1.82, 2.24) is 24.5 Å². The molecule has 4 rings (SSSR count). The lowest BCUT2D eigenvalue weighted by atomic mass is 10.0. The van der Waals surface area contributed by atoms with Crippen LogP contribution in [0.2, 0.25) is 0 Å². The number of hydrogen-bond donors (Lipinski definition) is 0. The van der Waals surface area contributed by atoms with Crippen LogP contribution < -0.4 is 4.90 Å². The van der Waals surface area contributed by atoms with Crippen molar-refractivity contribution >= 4 is 11.6 Å². The van der Waals surface area contributed by atoms with Gasteiger partial charge in [-0.15, -0.1) is 0 Å². The van der Waals surface area contributed by atoms with E-state index in [0.29, 0.717) is 18.1 Å². The van der Waals surface area contributed by atoms with Crippen LogP contribution in [0.3, 0.4) is 0 Å². The molecule has 2 aromatic rings. The van der Waals surface area contributed by atoms with Crippen LogP contribution >= 0.6 is 0 Å². The summed E-state index contributed by atoms with van der Waals surface area (Å²) in [7, 11) is 0. The summed E-state index contributed by atoms with van der Waals surface area (Å²) in [4.78, 5) is 14.1. The number of piperidine rings is 1. The van der Waals surface area contributed by atoms with E-state index >= 15 is 0 Å². The summed E-state index contributed by atoms with van der Waals surface area (Å²) in [6, 6.07) is 4.25. The van der Waals surface area contributed by atoms with Gasteiger partial charge in [-0.1, -0.05) is 6.92 Å². The van der Waals surface area contributed by atoms with Gasteiger partial charge >= 0.3 is 0 Å². The van der Waals surface area contributed by atoms with Gasteiger partial charge in [-0.05, 0) is 46.0 Å². The third-order valence-electron chi connectivity index (χ3n) is 5.81. The first-order chi connectivity index (χ1) is 11.7. The normalized spacial score (nSPS) is 28.8. The highest BCUT2D eigenvalue weighted by Crippen LogP contribution is 2.31. The SMILES string of the molecule is CCc1cc(N2CCCC(N3C(C)CCC3C)C2)n2ncnc2n1. The third kappa shape index (κ3) is 2.66. The molecule has 3 unspecified atom stereocenters. The molecule has 2 aliphatic heterocycles. The van der Waals surface area contributed by atoms with Crippen molar-refractivity contribution in [2.24, 2.45) is 0 Å². The fraction of sp³-hybridized carbons (Fsp3) is 0.722. The van der Waals surface area contributed by atoms with Crippen LogP contribution in [0.1, 0.15) is 52.1 Å². The molecule has 0 radical (unpaired) electrons. The minimum atomic E-state index is 0.642. The van der Waals surface area contributed by atoms with E-state index in [2.05, 4.69) is 51.7 Å². The van der Waals surface area contributed by atoms with Gasteiger partial charge in [0.2, 0.25) is 0 Å². The molecule has 2 aromatic heterocycles. The third-order valence-corrected chi connectivity index (χ3v) is 5.81. The summed E-state index contributed by atoms with van der Waals surface area (Å²) in [5.74, 6) is 1.87. The summed E-state index contributed by atoms with van der Waals surface area (Å²) in [5.41, 5.74) is 1.09. The predicted molar refractivity (Wildman–Crippen MR) is 95.4 cm³/mol. The lowest BCUT2D eigenvalue weighted by molar-refractivity contribution is 0.129. The molecule has 4 heterocycles. The number of aromatic nitrogens is 4. The van der Waals surface area contributed by atoms with Gasteiger partial charge < -0.3 is 4.90 Å². The summed E-state index contributed by atoms with van der Waals surface area (Å²) in [6.07, 6.45) is 7.74. The zero-order chi connectivity index (χ0) is 16.7. The fourth-order valence-corrected chi connectivity index (χ4v) is 4.59. The van der Waals surface area contributed by atoms with E-state index in [1.807, 2.05) is 4.52 Å². The lowest BCUT2D eigenvalue weighted by Gasteiger charge is -2.42. The molecule has 0 aromatic carbocycles. The second-order valence-corrected chi connectivity index (χ2v) is 7.40. The minimum absolute atomic E-state index is 0.642. The number of hydrogen-bond acceptors (Lipinski definition) is 5. The van der Waals surface area contributed by atoms with Gasteiger partial charge in [0, 0.05) is 43.0 Å². The van der Waals surface area contributed by atoms with Gasteiger partial charge in [0.25, 0.3) is 5.78 Å². The van der Waals surface area contributed by atoms with Crippen molar-refractivity contribution in [2.75, 3.05) is 18.0 Å². The summed E-state index contributed by atoms with van der Waals surface area (Å²) in [5, 5.41) is 4.41. The van der Waals surface area contributed by atoms with Gasteiger partial charge in [-0.25, -0.2) is 4.98 Å². The Morgan fingerprint density at radius 3 is 2.71 bits per heavy atom. The number of anilines is 1. The molecule has 0 spiro atoms. The van der Waals surface area contributed by atoms with Crippen LogP contribution in [0, 0.1) is 0 Å². The Hall–Kier alpha value is -1.69. The van der Waals surface area contributed by atoms with Gasteiger partial charge in [-0.2, -0.15) is 14.6 Å². The molecular formula is C18H28N6. The first-order valence-electron chi connectivity index (χ1n) is 9.39. The molecular weight excluding hydrogens is 300 g/mol. The van der Waals surface area contributed by atoms with Crippen LogP contribution in [0.4, 0.5) is 5.82 Å². The first-order valence-corrected chi connectivity index (χ1v) is 9.39. The van der Waals surface area contributed by atoms with Crippen molar-refractivity contribution in [1.29, 1.82) is 0 Å². The topological polar surface area (TPSA) is 49.6 Å². The quantitative estimate of drug-likeness (QED) is 0.866. The molecule has 24 heavy (non-hydrogen) atoms.